The molecular weight excluding hydrogens is 406 g/mol. The summed E-state index contributed by atoms with van der Waals surface area (Å²) in [5.74, 6) is -0.342. The van der Waals surface area contributed by atoms with Crippen molar-refractivity contribution in [1.82, 2.24) is 4.90 Å². The highest BCUT2D eigenvalue weighted by Gasteiger charge is 2.39. The van der Waals surface area contributed by atoms with Crippen molar-refractivity contribution in [2.24, 2.45) is 0 Å². The highest BCUT2D eigenvalue weighted by Crippen LogP contribution is 2.33. The quantitative estimate of drug-likeness (QED) is 0.644. The molecular formula is C26H29NO5. The molecule has 4 rings (SSSR count). The minimum Gasteiger partial charge on any atom is -0.456 e. The summed E-state index contributed by atoms with van der Waals surface area (Å²) >= 11 is 0. The SMILES string of the molecule is CC(C)(C)OC(=O)c1cccc(C2=CC3COCC(C2)N3C(=O)OCc2ccccc2)c1. The van der Waals surface area contributed by atoms with Crippen LogP contribution < -0.4 is 0 Å². The summed E-state index contributed by atoms with van der Waals surface area (Å²) in [5, 5.41) is 0. The van der Waals surface area contributed by atoms with Gasteiger partial charge in [-0.25, -0.2) is 9.59 Å². The predicted octanol–water partition coefficient (Wildman–Crippen LogP) is 4.84. The second kappa shape index (κ2) is 9.17. The molecule has 0 spiro atoms. The lowest BCUT2D eigenvalue weighted by atomic mass is 9.89. The fraction of sp³-hybridized carbons (Fsp3) is 0.385. The van der Waals surface area contributed by atoms with Crippen LogP contribution in [0.1, 0.15) is 48.7 Å². The largest absolute Gasteiger partial charge is 0.456 e. The summed E-state index contributed by atoms with van der Waals surface area (Å²) in [6.45, 7) is 6.68. The molecule has 0 N–H and O–H groups in total. The Bertz CT molecular complexity index is 1010. The van der Waals surface area contributed by atoms with Crippen LogP contribution in [0.25, 0.3) is 5.57 Å². The van der Waals surface area contributed by atoms with Crippen LogP contribution >= 0.6 is 0 Å². The standard InChI is InChI=1S/C26H29NO5/c1-26(2,3)32-24(28)20-11-7-10-19(12-20)21-13-22-16-30-17-23(14-21)27(22)25(29)31-15-18-8-5-4-6-9-18/h4-13,22-23H,14-17H2,1-3H3. The molecule has 6 nitrogen and oxygen atoms in total. The molecule has 0 radical (unpaired) electrons. The Morgan fingerprint density at radius 1 is 1.06 bits per heavy atom. The first-order chi connectivity index (χ1) is 15.3. The molecule has 32 heavy (non-hydrogen) atoms. The summed E-state index contributed by atoms with van der Waals surface area (Å²) < 4.78 is 16.8. The number of esters is 1. The Kier molecular flexibility index (Phi) is 6.33. The zero-order chi connectivity index (χ0) is 22.7. The highest BCUT2D eigenvalue weighted by molar-refractivity contribution is 5.91. The number of hydrogen-bond donors (Lipinski definition) is 0. The molecule has 2 aromatic carbocycles. The molecule has 1 amide bonds. The van der Waals surface area contributed by atoms with Crippen LogP contribution in [-0.4, -0.2) is 47.9 Å². The summed E-state index contributed by atoms with van der Waals surface area (Å²) in [4.78, 5) is 27.1. The van der Waals surface area contributed by atoms with Gasteiger partial charge in [-0.2, -0.15) is 0 Å². The molecule has 168 valence electrons. The molecule has 2 aromatic rings. The Hall–Kier alpha value is -3.12. The van der Waals surface area contributed by atoms with Crippen LogP contribution in [0.3, 0.4) is 0 Å². The second-order valence-electron chi connectivity index (χ2n) is 9.18. The summed E-state index contributed by atoms with van der Waals surface area (Å²) in [7, 11) is 0. The minimum atomic E-state index is -0.549. The second-order valence-corrected chi connectivity index (χ2v) is 9.18. The molecule has 2 heterocycles. The van der Waals surface area contributed by atoms with Crippen LogP contribution in [-0.2, 0) is 20.8 Å². The molecule has 6 heteroatoms. The van der Waals surface area contributed by atoms with Gasteiger partial charge in [0, 0.05) is 0 Å². The van der Waals surface area contributed by atoms with E-state index >= 15 is 0 Å². The normalized spacial score (nSPS) is 20.3. The molecule has 0 aromatic heterocycles. The van der Waals surface area contributed by atoms with Gasteiger partial charge in [-0.15, -0.1) is 0 Å². The number of ether oxygens (including phenoxy) is 3. The maximum atomic E-state index is 12.9. The van der Waals surface area contributed by atoms with E-state index in [0.29, 0.717) is 25.2 Å². The molecule has 2 aliphatic rings. The average molecular weight is 436 g/mol. The van der Waals surface area contributed by atoms with Gasteiger partial charge >= 0.3 is 12.1 Å². The van der Waals surface area contributed by atoms with Crippen molar-refractivity contribution >= 4 is 17.6 Å². The molecule has 2 bridgehead atoms. The monoisotopic (exact) mass is 435 g/mol. The first kappa shape index (κ1) is 22.1. The first-order valence-electron chi connectivity index (χ1n) is 10.9. The molecule has 2 aliphatic heterocycles. The van der Waals surface area contributed by atoms with Crippen LogP contribution in [0.15, 0.2) is 60.7 Å². The number of fused-ring (bicyclic) bond motifs is 2. The van der Waals surface area contributed by atoms with E-state index in [9.17, 15) is 9.59 Å². The zero-order valence-corrected chi connectivity index (χ0v) is 18.7. The summed E-state index contributed by atoms with van der Waals surface area (Å²) in [6.07, 6.45) is 2.35. The van der Waals surface area contributed by atoms with E-state index < -0.39 is 5.60 Å². The average Bonchev–Trinajstić information content (AvgIpc) is 2.76. The number of carbonyl (C=O) groups excluding carboxylic acids is 2. The van der Waals surface area contributed by atoms with Crippen LogP contribution in [0.2, 0.25) is 0 Å². The van der Waals surface area contributed by atoms with E-state index in [1.165, 1.54) is 0 Å². The van der Waals surface area contributed by atoms with Crippen molar-refractivity contribution in [3.8, 4) is 0 Å². The van der Waals surface area contributed by atoms with Crippen LogP contribution in [0, 0.1) is 0 Å². The van der Waals surface area contributed by atoms with Crippen molar-refractivity contribution in [2.45, 2.75) is 51.5 Å². The van der Waals surface area contributed by atoms with Crippen molar-refractivity contribution < 1.29 is 23.8 Å². The van der Waals surface area contributed by atoms with Gasteiger partial charge in [0.2, 0.25) is 0 Å². The van der Waals surface area contributed by atoms with Crippen molar-refractivity contribution in [3.63, 3.8) is 0 Å². The lowest BCUT2D eigenvalue weighted by molar-refractivity contribution is -0.0342. The number of nitrogens with zero attached hydrogens (tertiary/aromatic N) is 1. The van der Waals surface area contributed by atoms with Crippen LogP contribution in [0.5, 0.6) is 0 Å². The Balaban J connectivity index is 1.49. The lowest BCUT2D eigenvalue weighted by Crippen LogP contribution is -2.56. The molecule has 2 unspecified atom stereocenters. The van der Waals surface area contributed by atoms with E-state index in [0.717, 1.165) is 16.7 Å². The smallest absolute Gasteiger partial charge is 0.411 e. The zero-order valence-electron chi connectivity index (χ0n) is 18.7. The molecule has 2 atom stereocenters. The molecule has 0 saturated carbocycles. The number of rotatable bonds is 4. The van der Waals surface area contributed by atoms with E-state index in [1.54, 1.807) is 11.0 Å². The lowest BCUT2D eigenvalue weighted by Gasteiger charge is -2.43. The summed E-state index contributed by atoms with van der Waals surface area (Å²) in [6, 6.07) is 16.8. The minimum absolute atomic E-state index is 0.109. The number of hydrogen-bond acceptors (Lipinski definition) is 5. The van der Waals surface area contributed by atoms with Gasteiger partial charge in [-0.1, -0.05) is 48.5 Å². The van der Waals surface area contributed by atoms with Gasteiger partial charge in [0.15, 0.2) is 0 Å². The number of benzene rings is 2. The Morgan fingerprint density at radius 2 is 1.84 bits per heavy atom. The van der Waals surface area contributed by atoms with Gasteiger partial charge in [0.1, 0.15) is 12.2 Å². The molecule has 0 aliphatic carbocycles. The van der Waals surface area contributed by atoms with Crippen molar-refractivity contribution in [3.05, 3.63) is 77.4 Å². The van der Waals surface area contributed by atoms with Gasteiger partial charge in [-0.3, -0.25) is 4.90 Å². The van der Waals surface area contributed by atoms with Crippen molar-refractivity contribution in [2.75, 3.05) is 13.2 Å². The highest BCUT2D eigenvalue weighted by atomic mass is 16.6. The van der Waals surface area contributed by atoms with E-state index in [2.05, 4.69) is 0 Å². The van der Waals surface area contributed by atoms with Gasteiger partial charge in [0.25, 0.3) is 0 Å². The summed E-state index contributed by atoms with van der Waals surface area (Å²) in [5.41, 5.74) is 2.98. The van der Waals surface area contributed by atoms with E-state index in [4.69, 9.17) is 14.2 Å². The third-order valence-corrected chi connectivity index (χ3v) is 5.48. The predicted molar refractivity (Wildman–Crippen MR) is 121 cm³/mol. The number of morpholine rings is 1. The van der Waals surface area contributed by atoms with E-state index in [1.807, 2.05) is 75.4 Å². The number of carbonyl (C=O) groups is 2. The first-order valence-corrected chi connectivity index (χ1v) is 10.9. The fourth-order valence-electron chi connectivity index (χ4n) is 4.07. The molecule has 1 saturated heterocycles. The maximum absolute atomic E-state index is 12.9. The topological polar surface area (TPSA) is 65.1 Å². The Morgan fingerprint density at radius 3 is 2.56 bits per heavy atom. The maximum Gasteiger partial charge on any atom is 0.411 e. The third kappa shape index (κ3) is 5.19. The Labute approximate surface area is 188 Å². The fourth-order valence-corrected chi connectivity index (χ4v) is 4.07. The van der Waals surface area contributed by atoms with Crippen LogP contribution in [0.4, 0.5) is 4.79 Å². The van der Waals surface area contributed by atoms with Crippen molar-refractivity contribution in [1.29, 1.82) is 0 Å². The van der Waals surface area contributed by atoms with Gasteiger partial charge in [-0.05, 0) is 56.0 Å². The van der Waals surface area contributed by atoms with Gasteiger partial charge in [0.05, 0.1) is 30.9 Å². The van der Waals surface area contributed by atoms with Gasteiger partial charge < -0.3 is 14.2 Å². The third-order valence-electron chi connectivity index (χ3n) is 5.48. The molecule has 1 fully saturated rings. The van der Waals surface area contributed by atoms with E-state index in [-0.39, 0.29) is 30.8 Å². The number of amides is 1.